The van der Waals surface area contributed by atoms with Gasteiger partial charge in [0, 0.05) is 27.2 Å². The van der Waals surface area contributed by atoms with Gasteiger partial charge in [0.1, 0.15) is 5.70 Å². The molecule has 0 heterocycles. The van der Waals surface area contributed by atoms with Gasteiger partial charge in [0.15, 0.2) is 0 Å². The lowest BCUT2D eigenvalue weighted by Crippen LogP contribution is -2.30. The SMILES string of the molecule is O=C(CSc1cccc(NC(=O)/C(=C\c2cccc3ccccc23)NC(=O)c2ccccc2)c1)Nc1cccc2ccccc12. The van der Waals surface area contributed by atoms with Gasteiger partial charge in [0.25, 0.3) is 11.8 Å². The highest BCUT2D eigenvalue weighted by atomic mass is 32.2. The first-order valence-corrected chi connectivity index (χ1v) is 15.4. The molecule has 6 aromatic rings. The van der Waals surface area contributed by atoms with Gasteiger partial charge in [0.05, 0.1) is 5.75 Å². The predicted molar refractivity (Wildman–Crippen MR) is 184 cm³/mol. The lowest BCUT2D eigenvalue weighted by Gasteiger charge is -2.13. The van der Waals surface area contributed by atoms with Crippen LogP contribution in [0.1, 0.15) is 15.9 Å². The number of amides is 3. The molecule has 3 N–H and O–H groups in total. The molecule has 0 aromatic heterocycles. The molecule has 7 heteroatoms. The first kappa shape index (κ1) is 29.4. The van der Waals surface area contributed by atoms with Crippen LogP contribution in [0.5, 0.6) is 0 Å². The normalized spacial score (nSPS) is 11.2. The second-order valence-corrected chi connectivity index (χ2v) is 11.3. The maximum Gasteiger partial charge on any atom is 0.272 e. The zero-order valence-corrected chi connectivity index (χ0v) is 25.0. The van der Waals surface area contributed by atoms with Gasteiger partial charge < -0.3 is 16.0 Å². The Bertz CT molecular complexity index is 2050. The molecule has 0 unspecified atom stereocenters. The van der Waals surface area contributed by atoms with Crippen molar-refractivity contribution in [1.29, 1.82) is 0 Å². The summed E-state index contributed by atoms with van der Waals surface area (Å²) in [5.74, 6) is -0.795. The Hall–Kier alpha value is -5.66. The van der Waals surface area contributed by atoms with Crippen molar-refractivity contribution in [1.82, 2.24) is 5.32 Å². The van der Waals surface area contributed by atoms with E-state index < -0.39 is 11.8 Å². The third-order valence-electron chi connectivity index (χ3n) is 7.18. The minimum Gasteiger partial charge on any atom is -0.325 e. The molecule has 3 amide bonds. The third-order valence-corrected chi connectivity index (χ3v) is 8.17. The number of benzene rings is 6. The van der Waals surface area contributed by atoms with E-state index >= 15 is 0 Å². The maximum atomic E-state index is 13.6. The number of carbonyl (C=O) groups is 3. The largest absolute Gasteiger partial charge is 0.325 e. The number of hydrogen-bond donors (Lipinski definition) is 3. The highest BCUT2D eigenvalue weighted by molar-refractivity contribution is 8.00. The Morgan fingerprint density at radius 1 is 0.622 bits per heavy atom. The van der Waals surface area contributed by atoms with E-state index in [1.165, 1.54) is 11.8 Å². The fourth-order valence-electron chi connectivity index (χ4n) is 5.01. The Labute approximate surface area is 265 Å². The average molecular weight is 608 g/mol. The summed E-state index contributed by atoms with van der Waals surface area (Å²) >= 11 is 1.37. The van der Waals surface area contributed by atoms with Crippen molar-refractivity contribution in [3.8, 4) is 0 Å². The van der Waals surface area contributed by atoms with Crippen molar-refractivity contribution in [3.63, 3.8) is 0 Å². The molecule has 0 aliphatic rings. The number of thioether (sulfide) groups is 1. The Morgan fingerprint density at radius 2 is 1.27 bits per heavy atom. The number of rotatable bonds is 9. The molecule has 0 saturated carbocycles. The summed E-state index contributed by atoms with van der Waals surface area (Å²) in [6, 6.07) is 43.5. The van der Waals surface area contributed by atoms with E-state index in [0.29, 0.717) is 11.3 Å². The zero-order valence-electron chi connectivity index (χ0n) is 24.2. The first-order chi connectivity index (χ1) is 22.0. The maximum absolute atomic E-state index is 13.6. The molecule has 0 aliphatic heterocycles. The molecular weight excluding hydrogens is 579 g/mol. The van der Waals surface area contributed by atoms with E-state index in [1.807, 2.05) is 109 Å². The molecule has 0 atom stereocenters. The Morgan fingerprint density at radius 3 is 2.07 bits per heavy atom. The summed E-state index contributed by atoms with van der Waals surface area (Å²) in [6.07, 6.45) is 1.69. The molecule has 6 nitrogen and oxygen atoms in total. The van der Waals surface area contributed by atoms with E-state index in [0.717, 1.165) is 37.7 Å². The molecule has 0 radical (unpaired) electrons. The minimum atomic E-state index is -0.469. The smallest absolute Gasteiger partial charge is 0.272 e. The number of carbonyl (C=O) groups excluding carboxylic acids is 3. The van der Waals surface area contributed by atoms with Gasteiger partial charge in [-0.2, -0.15) is 0 Å². The summed E-state index contributed by atoms with van der Waals surface area (Å²) in [5, 5.41) is 12.8. The van der Waals surface area contributed by atoms with Crippen LogP contribution in [0.4, 0.5) is 11.4 Å². The quantitative estimate of drug-likeness (QED) is 0.114. The van der Waals surface area contributed by atoms with Gasteiger partial charge in [0.2, 0.25) is 5.91 Å². The van der Waals surface area contributed by atoms with Crippen molar-refractivity contribution in [3.05, 3.63) is 156 Å². The van der Waals surface area contributed by atoms with Gasteiger partial charge in [-0.25, -0.2) is 0 Å². The minimum absolute atomic E-state index is 0.104. The van der Waals surface area contributed by atoms with E-state index in [9.17, 15) is 14.4 Å². The molecule has 0 saturated heterocycles. The fourth-order valence-corrected chi connectivity index (χ4v) is 5.76. The molecular formula is C38H29N3O3S. The highest BCUT2D eigenvalue weighted by Crippen LogP contribution is 2.26. The van der Waals surface area contributed by atoms with E-state index in [1.54, 1.807) is 36.4 Å². The van der Waals surface area contributed by atoms with E-state index in [4.69, 9.17) is 0 Å². The number of fused-ring (bicyclic) bond motifs is 2. The van der Waals surface area contributed by atoms with E-state index in [-0.39, 0.29) is 17.4 Å². The molecule has 0 spiro atoms. The topological polar surface area (TPSA) is 87.3 Å². The average Bonchev–Trinajstić information content (AvgIpc) is 3.08. The van der Waals surface area contributed by atoms with Gasteiger partial charge >= 0.3 is 0 Å². The van der Waals surface area contributed by atoms with Crippen molar-refractivity contribution in [2.45, 2.75) is 4.90 Å². The molecule has 0 bridgehead atoms. The van der Waals surface area contributed by atoms with Crippen molar-refractivity contribution in [2.24, 2.45) is 0 Å². The number of anilines is 2. The highest BCUT2D eigenvalue weighted by Gasteiger charge is 2.16. The van der Waals surface area contributed by atoms with Crippen molar-refractivity contribution >= 4 is 68.5 Å². The molecule has 0 fully saturated rings. The van der Waals surface area contributed by atoms with Gasteiger partial charge in [-0.05, 0) is 64.2 Å². The van der Waals surface area contributed by atoms with Crippen molar-refractivity contribution in [2.75, 3.05) is 16.4 Å². The second-order valence-electron chi connectivity index (χ2n) is 10.3. The summed E-state index contributed by atoms with van der Waals surface area (Å²) < 4.78 is 0. The van der Waals surface area contributed by atoms with Gasteiger partial charge in [-0.3, -0.25) is 14.4 Å². The van der Waals surface area contributed by atoms with Crippen LogP contribution >= 0.6 is 11.8 Å². The lowest BCUT2D eigenvalue weighted by molar-refractivity contribution is -0.114. The van der Waals surface area contributed by atoms with Crippen LogP contribution in [0.2, 0.25) is 0 Å². The lowest BCUT2D eigenvalue weighted by atomic mass is 10.0. The molecule has 6 rings (SSSR count). The summed E-state index contributed by atoms with van der Waals surface area (Å²) in [7, 11) is 0. The van der Waals surface area contributed by atoms with Crippen LogP contribution in [0.3, 0.4) is 0 Å². The second kappa shape index (κ2) is 13.8. The summed E-state index contributed by atoms with van der Waals surface area (Å²) in [4.78, 5) is 40.4. The van der Waals surface area contributed by atoms with Crippen LogP contribution in [-0.2, 0) is 9.59 Å². The summed E-state index contributed by atoms with van der Waals surface area (Å²) in [5.41, 5.74) is 2.65. The Balaban J connectivity index is 1.18. The summed E-state index contributed by atoms with van der Waals surface area (Å²) in [6.45, 7) is 0. The van der Waals surface area contributed by atoms with Crippen LogP contribution in [-0.4, -0.2) is 23.5 Å². The molecule has 0 aliphatic carbocycles. The molecule has 45 heavy (non-hydrogen) atoms. The monoisotopic (exact) mass is 607 g/mol. The predicted octanol–water partition coefficient (Wildman–Crippen LogP) is 8.13. The van der Waals surface area contributed by atoms with Crippen molar-refractivity contribution < 1.29 is 14.4 Å². The van der Waals surface area contributed by atoms with Gasteiger partial charge in [-0.15, -0.1) is 11.8 Å². The fraction of sp³-hybridized carbons (Fsp3) is 0.0263. The standard InChI is InChI=1S/C38H29N3O3S/c42-36(40-34-22-9-16-27-12-5-7-21-33(27)34)25-45-31-19-10-18-30(24-31)39-38(44)35(41-37(43)28-13-2-1-3-14-28)23-29-17-8-15-26-11-4-6-20-32(26)29/h1-24H,25H2,(H,39,44)(H,40,42)(H,41,43)/b35-23+. The first-order valence-electron chi connectivity index (χ1n) is 14.4. The van der Waals surface area contributed by atoms with E-state index in [2.05, 4.69) is 16.0 Å². The zero-order chi connectivity index (χ0) is 31.0. The van der Waals surface area contributed by atoms with Crippen LogP contribution < -0.4 is 16.0 Å². The van der Waals surface area contributed by atoms with Crippen LogP contribution in [0, 0.1) is 0 Å². The number of hydrogen-bond acceptors (Lipinski definition) is 4. The molecule has 220 valence electrons. The molecule has 6 aromatic carbocycles. The van der Waals surface area contributed by atoms with Crippen LogP contribution in [0.15, 0.2) is 150 Å². The van der Waals surface area contributed by atoms with Crippen LogP contribution in [0.25, 0.3) is 27.6 Å². The third kappa shape index (κ3) is 7.29. The number of nitrogens with one attached hydrogen (secondary N) is 3. The van der Waals surface area contributed by atoms with Gasteiger partial charge in [-0.1, -0.05) is 103 Å². The Kier molecular flexibility index (Phi) is 8.99.